The molecule has 0 saturated heterocycles. The van der Waals surface area contributed by atoms with E-state index in [1.165, 1.54) is 0 Å². The summed E-state index contributed by atoms with van der Waals surface area (Å²) < 4.78 is 5.27. The standard InChI is InChI=1S/C7H8Cl2OSi/c8-11(9)6-10-7-4-2-1-3-5-7/h1-5,11H,6H2. The lowest BCUT2D eigenvalue weighted by atomic mass is 10.3. The van der Waals surface area contributed by atoms with E-state index in [-0.39, 0.29) is 0 Å². The van der Waals surface area contributed by atoms with Crippen LogP contribution in [0.25, 0.3) is 0 Å². The Morgan fingerprint density at radius 2 is 1.82 bits per heavy atom. The van der Waals surface area contributed by atoms with Gasteiger partial charge in [0.1, 0.15) is 12.0 Å². The molecule has 0 aliphatic carbocycles. The maximum Gasteiger partial charge on any atom is 0.274 e. The van der Waals surface area contributed by atoms with Crippen LogP contribution in [-0.2, 0) is 0 Å². The summed E-state index contributed by atoms with van der Waals surface area (Å²) in [6.07, 6.45) is 0.465. The Kier molecular flexibility index (Phi) is 3.76. The van der Waals surface area contributed by atoms with Crippen LogP contribution in [0.5, 0.6) is 5.75 Å². The molecule has 0 aliphatic heterocycles. The number of rotatable bonds is 3. The molecule has 0 saturated carbocycles. The average Bonchev–Trinajstić information content (AvgIpc) is 2.03. The van der Waals surface area contributed by atoms with E-state index >= 15 is 0 Å². The fraction of sp³-hybridized carbons (Fsp3) is 0.143. The van der Waals surface area contributed by atoms with E-state index in [1.54, 1.807) is 0 Å². The second-order valence-electron chi connectivity index (χ2n) is 2.02. The highest BCUT2D eigenvalue weighted by atomic mass is 35.7. The van der Waals surface area contributed by atoms with E-state index in [0.717, 1.165) is 5.75 Å². The van der Waals surface area contributed by atoms with Gasteiger partial charge in [-0.3, -0.25) is 0 Å². The number of hydrogen-bond donors (Lipinski definition) is 0. The van der Waals surface area contributed by atoms with Gasteiger partial charge < -0.3 is 4.74 Å². The molecule has 60 valence electrons. The Balaban J connectivity index is 2.39. The van der Waals surface area contributed by atoms with Crippen LogP contribution in [0.4, 0.5) is 0 Å². The summed E-state index contributed by atoms with van der Waals surface area (Å²) in [5.41, 5.74) is 0. The van der Waals surface area contributed by atoms with Gasteiger partial charge in [-0.25, -0.2) is 0 Å². The zero-order valence-electron chi connectivity index (χ0n) is 5.84. The summed E-state index contributed by atoms with van der Waals surface area (Å²) in [5.74, 6) is 0.825. The van der Waals surface area contributed by atoms with Crippen molar-refractivity contribution in [2.45, 2.75) is 0 Å². The van der Waals surface area contributed by atoms with Crippen LogP contribution in [0.15, 0.2) is 30.3 Å². The summed E-state index contributed by atoms with van der Waals surface area (Å²) in [6.45, 7) is 0. The molecular formula is C7H8Cl2OSi. The predicted molar refractivity (Wildman–Crippen MR) is 50.8 cm³/mol. The van der Waals surface area contributed by atoms with Crippen molar-refractivity contribution >= 4 is 29.6 Å². The Morgan fingerprint density at radius 3 is 2.36 bits per heavy atom. The molecule has 0 unspecified atom stereocenters. The highest BCUT2D eigenvalue weighted by Crippen LogP contribution is 2.09. The zero-order valence-corrected chi connectivity index (χ0v) is 8.50. The van der Waals surface area contributed by atoms with Crippen molar-refractivity contribution in [3.8, 4) is 5.75 Å². The van der Waals surface area contributed by atoms with Crippen molar-refractivity contribution in [2.75, 3.05) is 6.23 Å². The third-order valence-electron chi connectivity index (χ3n) is 1.12. The Bertz CT molecular complexity index is 203. The fourth-order valence-electron chi connectivity index (χ4n) is 0.676. The molecule has 1 rings (SSSR count). The molecular weight excluding hydrogens is 199 g/mol. The molecule has 0 aliphatic rings. The molecule has 4 heteroatoms. The van der Waals surface area contributed by atoms with Gasteiger partial charge in [0, 0.05) is 0 Å². The van der Waals surface area contributed by atoms with Gasteiger partial charge >= 0.3 is 0 Å². The molecule has 1 aromatic rings. The van der Waals surface area contributed by atoms with E-state index in [9.17, 15) is 0 Å². The number of para-hydroxylation sites is 1. The van der Waals surface area contributed by atoms with E-state index in [2.05, 4.69) is 0 Å². The molecule has 0 spiro atoms. The largest absolute Gasteiger partial charge is 0.494 e. The first-order valence-corrected chi connectivity index (χ1v) is 7.56. The van der Waals surface area contributed by atoms with Crippen LogP contribution in [0, 0.1) is 0 Å². The van der Waals surface area contributed by atoms with Gasteiger partial charge in [0.05, 0.1) is 0 Å². The third-order valence-corrected chi connectivity index (χ3v) is 2.29. The zero-order chi connectivity index (χ0) is 8.10. The van der Waals surface area contributed by atoms with Crippen LogP contribution in [0.3, 0.4) is 0 Å². The summed E-state index contributed by atoms with van der Waals surface area (Å²) >= 11 is 11.2. The third kappa shape index (κ3) is 3.65. The molecule has 0 aromatic heterocycles. The molecule has 0 bridgehead atoms. The summed E-state index contributed by atoms with van der Waals surface area (Å²) in [7, 11) is -1.62. The first-order valence-electron chi connectivity index (χ1n) is 3.25. The number of ether oxygens (including phenoxy) is 1. The SMILES string of the molecule is Cl[SiH](Cl)COc1ccccc1. The van der Waals surface area contributed by atoms with Crippen LogP contribution >= 0.6 is 22.2 Å². The topological polar surface area (TPSA) is 9.23 Å². The number of benzene rings is 1. The first kappa shape index (κ1) is 8.91. The molecule has 0 N–H and O–H groups in total. The Labute approximate surface area is 76.9 Å². The second-order valence-corrected chi connectivity index (χ2v) is 6.96. The molecule has 0 amide bonds. The van der Waals surface area contributed by atoms with Gasteiger partial charge in [0.25, 0.3) is 7.42 Å². The minimum Gasteiger partial charge on any atom is -0.494 e. The molecule has 0 atom stereocenters. The first-order chi connectivity index (χ1) is 5.29. The number of halogens is 2. The lowest BCUT2D eigenvalue weighted by Crippen LogP contribution is -2.09. The van der Waals surface area contributed by atoms with Crippen LogP contribution in [0.2, 0.25) is 0 Å². The van der Waals surface area contributed by atoms with Crippen molar-refractivity contribution in [3.05, 3.63) is 30.3 Å². The second kappa shape index (κ2) is 4.65. The highest BCUT2D eigenvalue weighted by Gasteiger charge is 2.01. The molecule has 0 heterocycles. The highest BCUT2D eigenvalue weighted by molar-refractivity contribution is 7.33. The lowest BCUT2D eigenvalue weighted by Gasteiger charge is -2.03. The normalized spacial score (nSPS) is 10.1. The Morgan fingerprint density at radius 1 is 1.18 bits per heavy atom. The molecule has 1 nitrogen and oxygen atoms in total. The lowest BCUT2D eigenvalue weighted by molar-refractivity contribution is 0.385. The van der Waals surface area contributed by atoms with E-state index in [1.807, 2.05) is 30.3 Å². The van der Waals surface area contributed by atoms with Gasteiger partial charge in [-0.15, -0.1) is 22.2 Å². The average molecular weight is 207 g/mol. The van der Waals surface area contributed by atoms with Gasteiger partial charge in [-0.2, -0.15) is 0 Å². The van der Waals surface area contributed by atoms with Crippen LogP contribution < -0.4 is 4.74 Å². The maximum absolute atomic E-state index is 5.61. The molecule has 0 radical (unpaired) electrons. The van der Waals surface area contributed by atoms with Crippen LogP contribution in [-0.4, -0.2) is 13.6 Å². The molecule has 1 aromatic carbocycles. The van der Waals surface area contributed by atoms with Crippen molar-refractivity contribution in [1.29, 1.82) is 0 Å². The van der Waals surface area contributed by atoms with E-state index in [0.29, 0.717) is 6.23 Å². The summed E-state index contributed by atoms with van der Waals surface area (Å²) in [5, 5.41) is 0. The van der Waals surface area contributed by atoms with Crippen LogP contribution in [0.1, 0.15) is 0 Å². The van der Waals surface area contributed by atoms with Crippen molar-refractivity contribution in [2.24, 2.45) is 0 Å². The van der Waals surface area contributed by atoms with Crippen molar-refractivity contribution < 1.29 is 4.74 Å². The summed E-state index contributed by atoms with van der Waals surface area (Å²) in [6, 6.07) is 9.51. The van der Waals surface area contributed by atoms with Gasteiger partial charge in [-0.05, 0) is 12.1 Å². The van der Waals surface area contributed by atoms with E-state index in [4.69, 9.17) is 26.9 Å². The van der Waals surface area contributed by atoms with Crippen molar-refractivity contribution in [3.63, 3.8) is 0 Å². The van der Waals surface area contributed by atoms with Gasteiger partial charge in [0.2, 0.25) is 0 Å². The quantitative estimate of drug-likeness (QED) is 0.545. The summed E-state index contributed by atoms with van der Waals surface area (Å²) in [4.78, 5) is 0. The number of hydrogen-bond acceptors (Lipinski definition) is 1. The minimum atomic E-state index is -1.62. The predicted octanol–water partition coefficient (Wildman–Crippen LogP) is 2.30. The monoisotopic (exact) mass is 206 g/mol. The Hall–Kier alpha value is -0.183. The molecule has 0 fully saturated rings. The van der Waals surface area contributed by atoms with Gasteiger partial charge in [0.15, 0.2) is 0 Å². The van der Waals surface area contributed by atoms with E-state index < -0.39 is 7.42 Å². The minimum absolute atomic E-state index is 0.465. The maximum atomic E-state index is 5.61. The van der Waals surface area contributed by atoms with Gasteiger partial charge in [-0.1, -0.05) is 18.2 Å². The molecule has 11 heavy (non-hydrogen) atoms. The smallest absolute Gasteiger partial charge is 0.274 e. The fourth-order valence-corrected chi connectivity index (χ4v) is 1.37. The van der Waals surface area contributed by atoms with Crippen molar-refractivity contribution in [1.82, 2.24) is 0 Å².